The third-order valence-corrected chi connectivity index (χ3v) is 3.84. The summed E-state index contributed by atoms with van der Waals surface area (Å²) in [6, 6.07) is 17.6. The van der Waals surface area contributed by atoms with Gasteiger partial charge in [-0.05, 0) is 6.07 Å². The highest BCUT2D eigenvalue weighted by Gasteiger charge is 2.18. The van der Waals surface area contributed by atoms with Crippen molar-refractivity contribution in [3.63, 3.8) is 0 Å². The summed E-state index contributed by atoms with van der Waals surface area (Å²) in [5, 5.41) is 5.70. The van der Waals surface area contributed by atoms with Crippen molar-refractivity contribution in [2.75, 3.05) is 0 Å². The van der Waals surface area contributed by atoms with Crippen LogP contribution in [0, 0.1) is 5.92 Å². The average molecular weight is 278 g/mol. The average Bonchev–Trinajstić information content (AvgIpc) is 2.84. The van der Waals surface area contributed by atoms with Crippen molar-refractivity contribution >= 4 is 16.7 Å². The number of carbonyl (C=O) groups is 1. The van der Waals surface area contributed by atoms with Gasteiger partial charge in [0.2, 0.25) is 0 Å². The maximum atomic E-state index is 12.5. The molecule has 0 bridgehead atoms. The number of aromatic nitrogens is 2. The fraction of sp³-hybridized carbons (Fsp3) is 0.222. The molecule has 1 aromatic heterocycles. The van der Waals surface area contributed by atoms with E-state index in [0.717, 1.165) is 22.2 Å². The molecule has 3 rings (SSSR count). The fourth-order valence-electron chi connectivity index (χ4n) is 2.71. The molecule has 0 fully saturated rings. The quantitative estimate of drug-likeness (QED) is 0.683. The number of nitrogens with zero attached hydrogens (tertiary/aromatic N) is 2. The zero-order valence-electron chi connectivity index (χ0n) is 12.3. The van der Waals surface area contributed by atoms with Gasteiger partial charge in [0.1, 0.15) is 0 Å². The number of rotatable bonds is 4. The van der Waals surface area contributed by atoms with Gasteiger partial charge in [0.05, 0.1) is 11.2 Å². The molecular formula is C18H18N2O. The predicted octanol–water partition coefficient (Wildman–Crippen LogP) is 3.63. The molecule has 106 valence electrons. The van der Waals surface area contributed by atoms with Gasteiger partial charge >= 0.3 is 0 Å². The summed E-state index contributed by atoms with van der Waals surface area (Å²) in [7, 11) is 1.94. The second kappa shape index (κ2) is 5.52. The van der Waals surface area contributed by atoms with E-state index in [1.54, 1.807) is 0 Å². The van der Waals surface area contributed by atoms with E-state index in [1.807, 2.05) is 61.1 Å². The third-order valence-electron chi connectivity index (χ3n) is 3.84. The molecule has 1 atom stereocenters. The summed E-state index contributed by atoms with van der Waals surface area (Å²) in [6.07, 6.45) is 0.662. The molecule has 0 aliphatic heterocycles. The van der Waals surface area contributed by atoms with Crippen LogP contribution in [0.2, 0.25) is 0 Å². The number of hydrogen-bond donors (Lipinski definition) is 0. The van der Waals surface area contributed by atoms with E-state index in [4.69, 9.17) is 0 Å². The molecule has 3 heteroatoms. The van der Waals surface area contributed by atoms with E-state index in [2.05, 4.69) is 17.2 Å². The van der Waals surface area contributed by atoms with E-state index in [9.17, 15) is 4.79 Å². The van der Waals surface area contributed by atoms with Crippen LogP contribution in [0.3, 0.4) is 0 Å². The molecule has 0 saturated carbocycles. The van der Waals surface area contributed by atoms with Crippen LogP contribution in [0.1, 0.15) is 23.0 Å². The Kier molecular flexibility index (Phi) is 3.57. The summed E-state index contributed by atoms with van der Waals surface area (Å²) < 4.78 is 1.88. The number of hydrogen-bond acceptors (Lipinski definition) is 2. The molecule has 1 unspecified atom stereocenters. The van der Waals surface area contributed by atoms with Crippen LogP contribution in [0.15, 0.2) is 54.6 Å². The largest absolute Gasteiger partial charge is 0.294 e. The van der Waals surface area contributed by atoms with Gasteiger partial charge in [-0.15, -0.1) is 0 Å². The van der Waals surface area contributed by atoms with Crippen molar-refractivity contribution in [2.24, 2.45) is 13.0 Å². The molecule has 0 saturated heterocycles. The molecule has 1 heterocycles. The molecule has 0 amide bonds. The fourth-order valence-corrected chi connectivity index (χ4v) is 2.71. The SMILES string of the molecule is CC(Cc1nn(C)c2ccccc12)C(=O)c1ccccc1. The van der Waals surface area contributed by atoms with Crippen LogP contribution in [-0.4, -0.2) is 15.6 Å². The van der Waals surface area contributed by atoms with Crippen LogP contribution >= 0.6 is 0 Å². The van der Waals surface area contributed by atoms with Gasteiger partial charge in [-0.3, -0.25) is 9.48 Å². The Hall–Kier alpha value is -2.42. The van der Waals surface area contributed by atoms with Gasteiger partial charge < -0.3 is 0 Å². The molecule has 0 aliphatic rings. The lowest BCUT2D eigenvalue weighted by Crippen LogP contribution is -2.14. The number of Topliss-reactive ketones (excluding diaryl/α,β-unsaturated/α-hetero) is 1. The first-order chi connectivity index (χ1) is 10.2. The Morgan fingerprint density at radius 1 is 1.10 bits per heavy atom. The number of fused-ring (bicyclic) bond motifs is 1. The lowest BCUT2D eigenvalue weighted by molar-refractivity contribution is 0.0929. The van der Waals surface area contributed by atoms with E-state index in [1.165, 1.54) is 0 Å². The minimum Gasteiger partial charge on any atom is -0.294 e. The zero-order valence-corrected chi connectivity index (χ0v) is 12.3. The summed E-state index contributed by atoms with van der Waals surface area (Å²) in [5.41, 5.74) is 2.86. The highest BCUT2D eigenvalue weighted by atomic mass is 16.1. The number of carbonyl (C=O) groups excluding carboxylic acids is 1. The second-order valence-corrected chi connectivity index (χ2v) is 5.42. The smallest absolute Gasteiger partial charge is 0.166 e. The topological polar surface area (TPSA) is 34.9 Å². The first-order valence-electron chi connectivity index (χ1n) is 7.16. The van der Waals surface area contributed by atoms with E-state index < -0.39 is 0 Å². The van der Waals surface area contributed by atoms with Gasteiger partial charge in [0.15, 0.2) is 5.78 Å². The monoisotopic (exact) mass is 278 g/mol. The molecule has 3 aromatic rings. The van der Waals surface area contributed by atoms with Crippen molar-refractivity contribution in [1.29, 1.82) is 0 Å². The first-order valence-corrected chi connectivity index (χ1v) is 7.16. The Balaban J connectivity index is 1.87. The molecule has 0 aliphatic carbocycles. The van der Waals surface area contributed by atoms with E-state index >= 15 is 0 Å². The highest BCUT2D eigenvalue weighted by molar-refractivity contribution is 5.98. The molecule has 21 heavy (non-hydrogen) atoms. The maximum Gasteiger partial charge on any atom is 0.166 e. The lowest BCUT2D eigenvalue weighted by Gasteiger charge is -2.09. The van der Waals surface area contributed by atoms with Crippen molar-refractivity contribution in [2.45, 2.75) is 13.3 Å². The molecule has 0 radical (unpaired) electrons. The molecule has 3 nitrogen and oxygen atoms in total. The molecule has 0 N–H and O–H groups in total. The molecule has 0 spiro atoms. The summed E-state index contributed by atoms with van der Waals surface area (Å²) in [6.45, 7) is 1.97. The molecule has 2 aromatic carbocycles. The lowest BCUT2D eigenvalue weighted by atomic mass is 9.94. The second-order valence-electron chi connectivity index (χ2n) is 5.42. The summed E-state index contributed by atoms with van der Waals surface area (Å²) >= 11 is 0. The van der Waals surface area contributed by atoms with Crippen molar-refractivity contribution in [3.05, 3.63) is 65.9 Å². The number of benzene rings is 2. The van der Waals surface area contributed by atoms with Crippen molar-refractivity contribution < 1.29 is 4.79 Å². The normalized spacial score (nSPS) is 12.5. The Morgan fingerprint density at radius 2 is 1.76 bits per heavy atom. The van der Waals surface area contributed by atoms with E-state index in [-0.39, 0.29) is 11.7 Å². The van der Waals surface area contributed by atoms with Gasteiger partial charge in [-0.25, -0.2) is 0 Å². The van der Waals surface area contributed by atoms with Crippen LogP contribution in [0.25, 0.3) is 10.9 Å². The van der Waals surface area contributed by atoms with Gasteiger partial charge in [0.25, 0.3) is 0 Å². The zero-order chi connectivity index (χ0) is 14.8. The number of para-hydroxylation sites is 1. The van der Waals surface area contributed by atoms with Gasteiger partial charge in [-0.1, -0.05) is 55.5 Å². The van der Waals surface area contributed by atoms with Gasteiger partial charge in [0, 0.05) is 30.3 Å². The van der Waals surface area contributed by atoms with Crippen LogP contribution in [0.4, 0.5) is 0 Å². The maximum absolute atomic E-state index is 12.5. The van der Waals surface area contributed by atoms with Crippen molar-refractivity contribution in [1.82, 2.24) is 9.78 Å². The predicted molar refractivity (Wildman–Crippen MR) is 84.4 cm³/mol. The van der Waals surface area contributed by atoms with E-state index in [0.29, 0.717) is 6.42 Å². The minimum atomic E-state index is -0.0780. The molecular weight excluding hydrogens is 260 g/mol. The summed E-state index contributed by atoms with van der Waals surface area (Å²) in [5.74, 6) is 0.0936. The van der Waals surface area contributed by atoms with Gasteiger partial charge in [-0.2, -0.15) is 5.10 Å². The highest BCUT2D eigenvalue weighted by Crippen LogP contribution is 2.21. The van der Waals surface area contributed by atoms with Crippen LogP contribution < -0.4 is 0 Å². The standard InChI is InChI=1S/C18H18N2O/c1-13(18(21)14-8-4-3-5-9-14)12-16-15-10-6-7-11-17(15)20(2)19-16/h3-11,13H,12H2,1-2H3. The van der Waals surface area contributed by atoms with Crippen molar-refractivity contribution in [3.8, 4) is 0 Å². The number of ketones is 1. The first kappa shape index (κ1) is 13.6. The summed E-state index contributed by atoms with van der Waals surface area (Å²) in [4.78, 5) is 12.5. The Morgan fingerprint density at radius 3 is 2.52 bits per heavy atom. The minimum absolute atomic E-state index is 0.0780. The Labute approximate surface area is 124 Å². The van der Waals surface area contributed by atoms with Crippen LogP contribution in [-0.2, 0) is 13.5 Å². The Bertz CT molecular complexity index is 774. The van der Waals surface area contributed by atoms with Crippen LogP contribution in [0.5, 0.6) is 0 Å². The third kappa shape index (κ3) is 2.59. The number of aryl methyl sites for hydroxylation is 1.